The van der Waals surface area contributed by atoms with Gasteiger partial charge in [0.15, 0.2) is 5.13 Å². The van der Waals surface area contributed by atoms with Crippen LogP contribution in [-0.4, -0.2) is 48.6 Å². The molecule has 0 aliphatic rings. The number of carbonyl (C=O) groups is 1. The third-order valence-corrected chi connectivity index (χ3v) is 6.46. The summed E-state index contributed by atoms with van der Waals surface area (Å²) in [5.74, 6) is 0.824. The average molecular weight is 426 g/mol. The molecule has 0 bridgehead atoms. The largest absolute Gasteiger partial charge is 0.494 e. The molecule has 160 valence electrons. The molecule has 0 spiro atoms. The molecule has 0 saturated carbocycles. The molecule has 2 aromatic carbocycles. The van der Waals surface area contributed by atoms with Gasteiger partial charge in [-0.15, -0.1) is 0 Å². The van der Waals surface area contributed by atoms with Crippen LogP contribution in [0.5, 0.6) is 5.75 Å². The summed E-state index contributed by atoms with van der Waals surface area (Å²) in [6, 6.07) is 11.8. The minimum absolute atomic E-state index is 0.00524. The number of hydrogen-bond donors (Lipinski definition) is 0. The summed E-state index contributed by atoms with van der Waals surface area (Å²) < 4.78 is 6.65. The Kier molecular flexibility index (Phi) is 7.45. The van der Waals surface area contributed by atoms with E-state index in [4.69, 9.17) is 9.72 Å². The second-order valence-electron chi connectivity index (χ2n) is 7.34. The minimum Gasteiger partial charge on any atom is -0.494 e. The van der Waals surface area contributed by atoms with Crippen LogP contribution in [0.25, 0.3) is 10.2 Å². The number of anilines is 1. The fourth-order valence-corrected chi connectivity index (χ4v) is 4.38. The first-order valence-electron chi connectivity index (χ1n) is 10.6. The molecule has 0 atom stereocenters. The average Bonchev–Trinajstić information content (AvgIpc) is 3.16. The Hall–Kier alpha value is -2.44. The van der Waals surface area contributed by atoms with Crippen molar-refractivity contribution < 1.29 is 9.53 Å². The number of ether oxygens (including phenoxy) is 1. The van der Waals surface area contributed by atoms with Crippen molar-refractivity contribution in [3.05, 3.63) is 53.1 Å². The Balaban J connectivity index is 1.96. The highest BCUT2D eigenvalue weighted by atomic mass is 32.1. The summed E-state index contributed by atoms with van der Waals surface area (Å²) in [6.45, 7) is 14.3. The van der Waals surface area contributed by atoms with Crippen LogP contribution >= 0.6 is 11.3 Å². The van der Waals surface area contributed by atoms with Crippen molar-refractivity contribution in [2.75, 3.05) is 37.7 Å². The standard InChI is InChI=1S/C24H31N3O2S/c1-6-26(7-2)13-14-27(23(28)19-10-9-17(4)18(5)15-19)24-25-21-12-11-20(29-8-3)16-22(21)30-24/h9-12,15-16H,6-8,13-14H2,1-5H3. The lowest BCUT2D eigenvalue weighted by Crippen LogP contribution is -2.38. The number of hydrogen-bond acceptors (Lipinski definition) is 5. The van der Waals surface area contributed by atoms with Gasteiger partial charge in [0.05, 0.1) is 16.8 Å². The lowest BCUT2D eigenvalue weighted by molar-refractivity contribution is 0.0983. The van der Waals surface area contributed by atoms with Crippen LogP contribution in [0.1, 0.15) is 42.3 Å². The molecule has 1 amide bonds. The molecule has 1 heterocycles. The molecule has 5 nitrogen and oxygen atoms in total. The minimum atomic E-state index is -0.00524. The van der Waals surface area contributed by atoms with Crippen LogP contribution < -0.4 is 9.64 Å². The summed E-state index contributed by atoms with van der Waals surface area (Å²) in [4.78, 5) is 22.4. The second kappa shape index (κ2) is 10.0. The second-order valence-corrected chi connectivity index (χ2v) is 8.35. The number of amides is 1. The molecule has 1 aromatic heterocycles. The Morgan fingerprint density at radius 3 is 2.43 bits per heavy atom. The zero-order chi connectivity index (χ0) is 21.7. The van der Waals surface area contributed by atoms with Gasteiger partial charge >= 0.3 is 0 Å². The van der Waals surface area contributed by atoms with Crippen molar-refractivity contribution in [1.82, 2.24) is 9.88 Å². The van der Waals surface area contributed by atoms with Crippen molar-refractivity contribution in [3.8, 4) is 5.75 Å². The molecule has 30 heavy (non-hydrogen) atoms. The topological polar surface area (TPSA) is 45.7 Å². The van der Waals surface area contributed by atoms with E-state index in [2.05, 4.69) is 25.7 Å². The maximum atomic E-state index is 13.5. The number of thiazole rings is 1. The lowest BCUT2D eigenvalue weighted by atomic mass is 10.1. The first kappa shape index (κ1) is 22.2. The number of likely N-dealkylation sites (N-methyl/N-ethyl adjacent to an activating group) is 1. The highest BCUT2D eigenvalue weighted by Crippen LogP contribution is 2.32. The molecule has 0 aliphatic heterocycles. The fourth-order valence-electron chi connectivity index (χ4n) is 3.36. The number of nitrogens with zero attached hydrogens (tertiary/aromatic N) is 3. The third-order valence-electron chi connectivity index (χ3n) is 5.42. The third kappa shape index (κ3) is 4.99. The highest BCUT2D eigenvalue weighted by Gasteiger charge is 2.22. The van der Waals surface area contributed by atoms with Crippen LogP contribution in [0.15, 0.2) is 36.4 Å². The van der Waals surface area contributed by atoms with Gasteiger partial charge in [-0.3, -0.25) is 9.69 Å². The van der Waals surface area contributed by atoms with Crippen molar-refractivity contribution in [2.45, 2.75) is 34.6 Å². The Labute approximate surface area is 183 Å². The number of aryl methyl sites for hydroxylation is 2. The van der Waals surface area contributed by atoms with E-state index in [0.717, 1.165) is 46.3 Å². The first-order valence-corrected chi connectivity index (χ1v) is 11.4. The van der Waals surface area contributed by atoms with Gasteiger partial charge in [0.1, 0.15) is 5.75 Å². The van der Waals surface area contributed by atoms with Gasteiger partial charge in [0.2, 0.25) is 0 Å². The number of aromatic nitrogens is 1. The van der Waals surface area contributed by atoms with Crippen molar-refractivity contribution in [1.29, 1.82) is 0 Å². The number of fused-ring (bicyclic) bond motifs is 1. The summed E-state index contributed by atoms with van der Waals surface area (Å²) in [5.41, 5.74) is 3.89. The van der Waals surface area contributed by atoms with Gasteiger partial charge in [-0.25, -0.2) is 4.98 Å². The van der Waals surface area contributed by atoms with Gasteiger partial charge in [-0.05, 0) is 75.3 Å². The number of carbonyl (C=O) groups excluding carboxylic acids is 1. The van der Waals surface area contributed by atoms with Crippen LogP contribution in [0, 0.1) is 13.8 Å². The number of rotatable bonds is 9. The van der Waals surface area contributed by atoms with E-state index in [-0.39, 0.29) is 5.91 Å². The number of benzene rings is 2. The van der Waals surface area contributed by atoms with E-state index in [1.54, 1.807) is 0 Å². The highest BCUT2D eigenvalue weighted by molar-refractivity contribution is 7.22. The normalized spacial score (nSPS) is 11.3. The Bertz CT molecular complexity index is 1010. The van der Waals surface area contributed by atoms with Crippen molar-refractivity contribution in [2.24, 2.45) is 0 Å². The maximum absolute atomic E-state index is 13.5. The van der Waals surface area contributed by atoms with E-state index in [1.165, 1.54) is 16.9 Å². The molecule has 6 heteroatoms. The fraction of sp³-hybridized carbons (Fsp3) is 0.417. The SMILES string of the molecule is CCOc1ccc2nc(N(CCN(CC)CC)C(=O)c3ccc(C)c(C)c3)sc2c1. The summed E-state index contributed by atoms with van der Waals surface area (Å²) in [6.07, 6.45) is 0. The molecule has 0 radical (unpaired) electrons. The Morgan fingerprint density at radius 2 is 1.77 bits per heavy atom. The van der Waals surface area contributed by atoms with E-state index in [1.807, 2.05) is 55.1 Å². The summed E-state index contributed by atoms with van der Waals surface area (Å²) in [5, 5.41) is 0.731. The zero-order valence-electron chi connectivity index (χ0n) is 18.6. The van der Waals surface area contributed by atoms with Gasteiger partial charge in [0, 0.05) is 18.7 Å². The van der Waals surface area contributed by atoms with Crippen LogP contribution in [-0.2, 0) is 0 Å². The molecule has 3 aromatic rings. The molecule has 0 fully saturated rings. The smallest absolute Gasteiger partial charge is 0.260 e. The predicted molar refractivity (Wildman–Crippen MR) is 126 cm³/mol. The lowest BCUT2D eigenvalue weighted by Gasteiger charge is -2.25. The van der Waals surface area contributed by atoms with E-state index < -0.39 is 0 Å². The summed E-state index contributed by atoms with van der Waals surface area (Å²) in [7, 11) is 0. The zero-order valence-corrected chi connectivity index (χ0v) is 19.4. The maximum Gasteiger partial charge on any atom is 0.260 e. The van der Waals surface area contributed by atoms with Crippen LogP contribution in [0.2, 0.25) is 0 Å². The first-order chi connectivity index (χ1) is 14.5. The Morgan fingerprint density at radius 1 is 1.00 bits per heavy atom. The molecular weight excluding hydrogens is 394 g/mol. The van der Waals surface area contributed by atoms with Crippen LogP contribution in [0.4, 0.5) is 5.13 Å². The molecule has 0 N–H and O–H groups in total. The quantitative estimate of drug-likeness (QED) is 0.467. The van der Waals surface area contributed by atoms with E-state index in [9.17, 15) is 4.79 Å². The molecular formula is C24H31N3O2S. The molecule has 0 unspecified atom stereocenters. The van der Waals surface area contributed by atoms with Gasteiger partial charge < -0.3 is 9.64 Å². The molecule has 0 aliphatic carbocycles. The van der Waals surface area contributed by atoms with Crippen LogP contribution in [0.3, 0.4) is 0 Å². The summed E-state index contributed by atoms with van der Waals surface area (Å²) >= 11 is 1.54. The molecule has 3 rings (SSSR count). The van der Waals surface area contributed by atoms with Gasteiger partial charge in [0.25, 0.3) is 5.91 Å². The van der Waals surface area contributed by atoms with E-state index >= 15 is 0 Å². The van der Waals surface area contributed by atoms with Gasteiger partial charge in [-0.1, -0.05) is 31.3 Å². The monoisotopic (exact) mass is 425 g/mol. The van der Waals surface area contributed by atoms with Crippen molar-refractivity contribution in [3.63, 3.8) is 0 Å². The van der Waals surface area contributed by atoms with E-state index in [0.29, 0.717) is 18.7 Å². The predicted octanol–water partition coefficient (Wildman–Crippen LogP) is 5.30. The van der Waals surface area contributed by atoms with Crippen molar-refractivity contribution >= 4 is 32.6 Å². The van der Waals surface area contributed by atoms with Gasteiger partial charge in [-0.2, -0.15) is 0 Å². The molecule has 0 saturated heterocycles.